The number of aromatic nitrogens is 2. The van der Waals surface area contributed by atoms with Crippen molar-refractivity contribution in [2.24, 2.45) is 16.8 Å². The van der Waals surface area contributed by atoms with Crippen LogP contribution < -0.4 is 20.0 Å². The lowest BCUT2D eigenvalue weighted by Crippen LogP contribution is -2.52. The number of aliphatic carboxylic acids is 1. The third-order valence-electron chi connectivity index (χ3n) is 7.04. The Kier molecular flexibility index (Phi) is 10.8. The monoisotopic (exact) mass is 578 g/mol. The number of amidine groups is 1. The van der Waals surface area contributed by atoms with Crippen molar-refractivity contribution >= 4 is 46.6 Å². The second-order valence-electron chi connectivity index (χ2n) is 11.0. The van der Waals surface area contributed by atoms with Gasteiger partial charge in [0.15, 0.2) is 11.6 Å². The van der Waals surface area contributed by atoms with Gasteiger partial charge in [-0.2, -0.15) is 0 Å². The zero-order chi connectivity index (χ0) is 31.1. The second kappa shape index (κ2) is 14.0. The lowest BCUT2D eigenvalue weighted by atomic mass is 9.98. The number of pyridine rings is 2. The summed E-state index contributed by atoms with van der Waals surface area (Å²) in [6.45, 7) is 8.57. The molecule has 0 spiro atoms. The standard InChI is InChI=1S/C30H42N8O4/c1-9-19(2)28(32-18-35(5)6)38(13-12-26(40)41)29-27(21(4)39)20(3)14-25(34-29)37-16-22(17-37)30(42)33-24-11-10-23(15-31-24)36(7)8/h10-15,19,22H,9,16-18H2,1-8H3,(H,40,41)(H,31,33,42)/b13-12+,32-28+. The quantitative estimate of drug-likeness (QED) is 0.167. The Morgan fingerprint density at radius 2 is 1.90 bits per heavy atom. The highest BCUT2D eigenvalue weighted by Crippen LogP contribution is 2.32. The van der Waals surface area contributed by atoms with E-state index in [1.165, 1.54) is 13.1 Å². The summed E-state index contributed by atoms with van der Waals surface area (Å²) < 4.78 is 0. The van der Waals surface area contributed by atoms with Gasteiger partial charge in [-0.15, -0.1) is 0 Å². The van der Waals surface area contributed by atoms with Gasteiger partial charge in [0.05, 0.1) is 30.0 Å². The van der Waals surface area contributed by atoms with Gasteiger partial charge in [-0.1, -0.05) is 13.8 Å². The van der Waals surface area contributed by atoms with Crippen LogP contribution in [0.4, 0.5) is 23.1 Å². The van der Waals surface area contributed by atoms with Crippen molar-refractivity contribution in [3.63, 3.8) is 0 Å². The average Bonchev–Trinajstić information content (AvgIpc) is 2.88. The Morgan fingerprint density at radius 1 is 1.21 bits per heavy atom. The first kappa shape index (κ1) is 32.2. The molecule has 1 unspecified atom stereocenters. The molecule has 1 saturated heterocycles. The van der Waals surface area contributed by atoms with E-state index in [0.29, 0.717) is 54.2 Å². The Morgan fingerprint density at radius 3 is 2.43 bits per heavy atom. The summed E-state index contributed by atoms with van der Waals surface area (Å²) in [4.78, 5) is 58.7. The average molecular weight is 579 g/mol. The Balaban J connectivity index is 1.93. The van der Waals surface area contributed by atoms with Crippen LogP contribution in [0.5, 0.6) is 0 Å². The first-order valence-electron chi connectivity index (χ1n) is 13.9. The fourth-order valence-corrected chi connectivity index (χ4v) is 4.45. The number of Topliss-reactive ketones (excluding diaryl/α,β-unsaturated/α-hetero) is 1. The smallest absolute Gasteiger partial charge is 0.329 e. The van der Waals surface area contributed by atoms with Crippen LogP contribution in [0.2, 0.25) is 0 Å². The molecule has 0 bridgehead atoms. The molecule has 12 heteroatoms. The summed E-state index contributed by atoms with van der Waals surface area (Å²) >= 11 is 0. The highest BCUT2D eigenvalue weighted by Gasteiger charge is 2.35. The van der Waals surface area contributed by atoms with Gasteiger partial charge in [0.1, 0.15) is 17.5 Å². The highest BCUT2D eigenvalue weighted by molar-refractivity contribution is 6.08. The molecule has 226 valence electrons. The first-order chi connectivity index (χ1) is 19.8. The molecule has 1 fully saturated rings. The number of anilines is 4. The third-order valence-corrected chi connectivity index (χ3v) is 7.04. The normalized spacial score (nSPS) is 14.6. The number of hydrogen-bond acceptors (Lipinski definition) is 9. The van der Waals surface area contributed by atoms with Crippen LogP contribution in [0.1, 0.15) is 43.1 Å². The molecule has 1 aliphatic heterocycles. The van der Waals surface area contributed by atoms with Gasteiger partial charge in [-0.05, 0) is 58.1 Å². The van der Waals surface area contributed by atoms with Crippen molar-refractivity contribution in [2.45, 2.75) is 34.1 Å². The highest BCUT2D eigenvalue weighted by atomic mass is 16.4. The van der Waals surface area contributed by atoms with E-state index < -0.39 is 5.97 Å². The number of rotatable bonds is 12. The molecular weight excluding hydrogens is 536 g/mol. The number of carbonyl (C=O) groups is 3. The van der Waals surface area contributed by atoms with Crippen molar-refractivity contribution in [1.82, 2.24) is 14.9 Å². The molecule has 3 heterocycles. The maximum Gasteiger partial charge on any atom is 0.329 e. The summed E-state index contributed by atoms with van der Waals surface area (Å²) in [5, 5.41) is 12.3. The molecule has 2 aromatic heterocycles. The second-order valence-corrected chi connectivity index (χ2v) is 11.0. The van der Waals surface area contributed by atoms with Crippen LogP contribution in [0.25, 0.3) is 0 Å². The van der Waals surface area contributed by atoms with Crippen LogP contribution in [0.15, 0.2) is 41.7 Å². The van der Waals surface area contributed by atoms with Crippen LogP contribution in [0, 0.1) is 18.8 Å². The van der Waals surface area contributed by atoms with Gasteiger partial charge in [-0.25, -0.2) is 14.8 Å². The van der Waals surface area contributed by atoms with Crippen molar-refractivity contribution in [3.8, 4) is 0 Å². The zero-order valence-electron chi connectivity index (χ0n) is 25.7. The molecule has 1 aliphatic rings. The maximum atomic E-state index is 12.9. The van der Waals surface area contributed by atoms with E-state index in [4.69, 9.17) is 9.98 Å². The van der Waals surface area contributed by atoms with E-state index in [9.17, 15) is 19.5 Å². The van der Waals surface area contributed by atoms with E-state index in [1.54, 1.807) is 17.2 Å². The lowest BCUT2D eigenvalue weighted by Gasteiger charge is -2.40. The summed E-state index contributed by atoms with van der Waals surface area (Å²) in [5.41, 5.74) is 2.02. The topological polar surface area (TPSA) is 135 Å². The number of carboxylic acid groups (broad SMARTS) is 1. The Bertz CT molecular complexity index is 1350. The van der Waals surface area contributed by atoms with Crippen LogP contribution >= 0.6 is 0 Å². The van der Waals surface area contributed by atoms with E-state index in [2.05, 4.69) is 10.3 Å². The minimum absolute atomic E-state index is 0.0496. The number of hydrogen-bond donors (Lipinski definition) is 2. The van der Waals surface area contributed by atoms with Gasteiger partial charge >= 0.3 is 5.97 Å². The molecular formula is C30H42N8O4. The molecule has 0 aromatic carbocycles. The number of carboxylic acids is 1. The molecule has 2 N–H and O–H groups in total. The van der Waals surface area contributed by atoms with Gasteiger partial charge < -0.3 is 20.2 Å². The minimum Gasteiger partial charge on any atom is -0.478 e. The maximum absolute atomic E-state index is 12.9. The van der Waals surface area contributed by atoms with E-state index in [0.717, 1.165) is 18.2 Å². The van der Waals surface area contributed by atoms with Crippen molar-refractivity contribution < 1.29 is 19.5 Å². The molecule has 0 radical (unpaired) electrons. The van der Waals surface area contributed by atoms with Crippen molar-refractivity contribution in [3.05, 3.63) is 47.8 Å². The number of aliphatic imine (C=N–C) groups is 1. The van der Waals surface area contributed by atoms with Gasteiger partial charge in [0.25, 0.3) is 0 Å². The summed E-state index contributed by atoms with van der Waals surface area (Å²) in [6, 6.07) is 5.49. The number of nitrogens with one attached hydrogen (secondary N) is 1. The number of amides is 1. The minimum atomic E-state index is -1.13. The van der Waals surface area contributed by atoms with E-state index in [-0.39, 0.29) is 23.5 Å². The number of nitrogens with zero attached hydrogens (tertiary/aromatic N) is 7. The van der Waals surface area contributed by atoms with Gasteiger partial charge in [0.2, 0.25) is 5.91 Å². The summed E-state index contributed by atoms with van der Waals surface area (Å²) in [6.07, 6.45) is 4.87. The molecule has 0 aliphatic carbocycles. The van der Waals surface area contributed by atoms with Crippen molar-refractivity contribution in [2.75, 3.05) is 68.0 Å². The number of aryl methyl sites for hydroxylation is 1. The number of carbonyl (C=O) groups excluding carboxylic acids is 2. The van der Waals surface area contributed by atoms with Crippen LogP contribution in [-0.4, -0.2) is 91.4 Å². The molecule has 3 rings (SSSR count). The lowest BCUT2D eigenvalue weighted by molar-refractivity contribution is -0.131. The third kappa shape index (κ3) is 7.90. The molecule has 1 atom stereocenters. The molecule has 1 amide bonds. The molecule has 0 saturated carbocycles. The van der Waals surface area contributed by atoms with Gasteiger partial charge in [0, 0.05) is 45.4 Å². The van der Waals surface area contributed by atoms with E-state index >= 15 is 0 Å². The first-order valence-corrected chi connectivity index (χ1v) is 13.9. The molecule has 42 heavy (non-hydrogen) atoms. The van der Waals surface area contributed by atoms with E-state index in [1.807, 2.05) is 75.8 Å². The largest absolute Gasteiger partial charge is 0.478 e. The summed E-state index contributed by atoms with van der Waals surface area (Å²) in [7, 11) is 7.63. The van der Waals surface area contributed by atoms with Gasteiger partial charge in [-0.3, -0.25) is 24.4 Å². The fraction of sp³-hybridized carbons (Fsp3) is 0.467. The van der Waals surface area contributed by atoms with Crippen LogP contribution in [0.3, 0.4) is 0 Å². The molecule has 12 nitrogen and oxygen atoms in total. The van der Waals surface area contributed by atoms with Crippen LogP contribution in [-0.2, 0) is 9.59 Å². The zero-order valence-corrected chi connectivity index (χ0v) is 25.7. The Hall–Kier alpha value is -4.32. The summed E-state index contributed by atoms with van der Waals surface area (Å²) in [5.74, 6) is 0.224. The number of ketones is 1. The van der Waals surface area contributed by atoms with Crippen molar-refractivity contribution in [1.29, 1.82) is 0 Å². The predicted molar refractivity (Wildman–Crippen MR) is 167 cm³/mol. The SMILES string of the molecule is CCC(C)/C(=N\CN(C)C)N(/C=C/C(=O)O)c1nc(N2CC(C(=O)Nc3ccc(N(C)C)cn3)C2)cc(C)c1C(C)=O. The predicted octanol–water partition coefficient (Wildman–Crippen LogP) is 3.50. The fourth-order valence-electron chi connectivity index (χ4n) is 4.45. The molecule has 2 aromatic rings. The Labute approximate surface area is 247 Å².